The maximum absolute atomic E-state index is 13.6. The molecule has 8 nitrogen and oxygen atoms in total. The average molecular weight is 488 g/mol. The Morgan fingerprint density at radius 3 is 2.23 bits per heavy atom. The van der Waals surface area contributed by atoms with E-state index in [0.717, 1.165) is 11.3 Å². The standard InChI is InChI=1S/C26H22ClN5O3/c27-20-7-4-8-23(17-20)29-13-15-30(16-14-29)26(33)25-18-24(19-5-2-1-3-6-19)28-31(25)21-9-11-22(12-10-21)32(34)35/h1-12,17-18H,13-16H2. The van der Waals surface area contributed by atoms with E-state index in [-0.39, 0.29) is 11.6 Å². The van der Waals surface area contributed by atoms with Crippen LogP contribution in [0, 0.1) is 10.1 Å². The molecule has 1 aromatic heterocycles. The van der Waals surface area contributed by atoms with E-state index in [9.17, 15) is 14.9 Å². The van der Waals surface area contributed by atoms with Gasteiger partial charge in [0.05, 0.1) is 16.3 Å². The third-order valence-electron chi connectivity index (χ3n) is 6.04. The summed E-state index contributed by atoms with van der Waals surface area (Å²) in [6, 6.07) is 25.1. The van der Waals surface area contributed by atoms with E-state index < -0.39 is 4.92 Å². The Bertz CT molecular complexity index is 1360. The first-order valence-electron chi connectivity index (χ1n) is 11.2. The number of nitrogens with zero attached hydrogens (tertiary/aromatic N) is 5. The Labute approximate surface area is 207 Å². The predicted molar refractivity (Wildman–Crippen MR) is 135 cm³/mol. The summed E-state index contributed by atoms with van der Waals surface area (Å²) >= 11 is 6.14. The van der Waals surface area contributed by atoms with Crippen molar-refractivity contribution < 1.29 is 9.72 Å². The lowest BCUT2D eigenvalue weighted by Crippen LogP contribution is -2.49. The summed E-state index contributed by atoms with van der Waals surface area (Å²) in [5.74, 6) is -0.135. The molecule has 1 aliphatic rings. The second-order valence-corrected chi connectivity index (χ2v) is 8.66. The molecule has 0 atom stereocenters. The quantitative estimate of drug-likeness (QED) is 0.290. The molecule has 1 saturated heterocycles. The van der Waals surface area contributed by atoms with Crippen molar-refractivity contribution in [3.05, 3.63) is 106 Å². The molecular weight excluding hydrogens is 466 g/mol. The van der Waals surface area contributed by atoms with Crippen LogP contribution in [-0.2, 0) is 0 Å². The number of benzene rings is 3. The number of halogens is 1. The number of amides is 1. The van der Waals surface area contributed by atoms with E-state index in [1.54, 1.807) is 22.9 Å². The van der Waals surface area contributed by atoms with Gasteiger partial charge in [-0.1, -0.05) is 48.0 Å². The van der Waals surface area contributed by atoms with Crippen molar-refractivity contribution >= 4 is 28.9 Å². The van der Waals surface area contributed by atoms with Crippen LogP contribution in [0.1, 0.15) is 10.5 Å². The molecular formula is C26H22ClN5O3. The van der Waals surface area contributed by atoms with Crippen molar-refractivity contribution in [3.8, 4) is 16.9 Å². The molecule has 9 heteroatoms. The van der Waals surface area contributed by atoms with E-state index in [1.807, 2.05) is 59.5 Å². The second kappa shape index (κ2) is 9.60. The number of nitro benzene ring substituents is 1. The molecule has 0 N–H and O–H groups in total. The molecule has 0 bridgehead atoms. The van der Waals surface area contributed by atoms with Crippen LogP contribution >= 0.6 is 11.6 Å². The third-order valence-corrected chi connectivity index (χ3v) is 6.28. The summed E-state index contributed by atoms with van der Waals surface area (Å²) in [4.78, 5) is 28.3. The lowest BCUT2D eigenvalue weighted by molar-refractivity contribution is -0.384. The Hall–Kier alpha value is -4.17. The maximum Gasteiger partial charge on any atom is 0.272 e. The highest BCUT2D eigenvalue weighted by Crippen LogP contribution is 2.25. The van der Waals surface area contributed by atoms with Crippen LogP contribution in [-0.4, -0.2) is 51.7 Å². The molecule has 5 rings (SSSR count). The Balaban J connectivity index is 1.43. The van der Waals surface area contributed by atoms with Crippen LogP contribution in [0.3, 0.4) is 0 Å². The highest BCUT2D eigenvalue weighted by molar-refractivity contribution is 6.30. The van der Waals surface area contributed by atoms with Crippen LogP contribution in [0.4, 0.5) is 11.4 Å². The largest absolute Gasteiger partial charge is 0.368 e. The van der Waals surface area contributed by atoms with E-state index in [4.69, 9.17) is 11.6 Å². The summed E-state index contributed by atoms with van der Waals surface area (Å²) in [5, 5.41) is 16.4. The molecule has 0 aliphatic carbocycles. The monoisotopic (exact) mass is 487 g/mol. The summed E-state index contributed by atoms with van der Waals surface area (Å²) in [6.45, 7) is 2.47. The summed E-state index contributed by atoms with van der Waals surface area (Å²) < 4.78 is 1.57. The molecule has 176 valence electrons. The van der Waals surface area contributed by atoms with Gasteiger partial charge < -0.3 is 9.80 Å². The van der Waals surface area contributed by atoms with Gasteiger partial charge in [-0.3, -0.25) is 14.9 Å². The van der Waals surface area contributed by atoms with E-state index >= 15 is 0 Å². The molecule has 4 aromatic rings. The van der Waals surface area contributed by atoms with Crippen LogP contribution in [0.25, 0.3) is 16.9 Å². The minimum Gasteiger partial charge on any atom is -0.368 e. The van der Waals surface area contributed by atoms with Crippen LogP contribution < -0.4 is 4.90 Å². The zero-order valence-electron chi connectivity index (χ0n) is 18.8. The van der Waals surface area contributed by atoms with Crippen LogP contribution in [0.15, 0.2) is 84.9 Å². The number of hydrogen-bond acceptors (Lipinski definition) is 5. The lowest BCUT2D eigenvalue weighted by Gasteiger charge is -2.36. The van der Waals surface area contributed by atoms with Gasteiger partial charge in [0.2, 0.25) is 0 Å². The van der Waals surface area contributed by atoms with Gasteiger partial charge in [-0.2, -0.15) is 5.10 Å². The molecule has 1 amide bonds. The molecule has 0 radical (unpaired) electrons. The molecule has 3 aromatic carbocycles. The molecule has 35 heavy (non-hydrogen) atoms. The normalized spacial score (nSPS) is 13.6. The molecule has 0 spiro atoms. The molecule has 2 heterocycles. The summed E-state index contributed by atoms with van der Waals surface area (Å²) in [6.07, 6.45) is 0. The van der Waals surface area contributed by atoms with Gasteiger partial charge in [0.25, 0.3) is 11.6 Å². The molecule has 1 aliphatic heterocycles. The zero-order chi connectivity index (χ0) is 24.4. The van der Waals surface area contributed by atoms with E-state index in [0.29, 0.717) is 48.3 Å². The van der Waals surface area contributed by atoms with E-state index in [1.165, 1.54) is 12.1 Å². The minimum absolute atomic E-state index is 0.0193. The zero-order valence-corrected chi connectivity index (χ0v) is 19.5. The van der Waals surface area contributed by atoms with Gasteiger partial charge in [0.15, 0.2) is 0 Å². The molecule has 0 unspecified atom stereocenters. The third kappa shape index (κ3) is 4.74. The Morgan fingerprint density at radius 1 is 0.857 bits per heavy atom. The fourth-order valence-electron chi connectivity index (χ4n) is 4.20. The predicted octanol–water partition coefficient (Wildman–Crippen LogP) is 5.06. The smallest absolute Gasteiger partial charge is 0.272 e. The van der Waals surface area contributed by atoms with Gasteiger partial charge in [0.1, 0.15) is 5.69 Å². The number of anilines is 1. The number of hydrogen-bond donors (Lipinski definition) is 0. The minimum atomic E-state index is -0.451. The number of aromatic nitrogens is 2. The number of rotatable bonds is 5. The van der Waals surface area contributed by atoms with Gasteiger partial charge in [-0.05, 0) is 36.4 Å². The number of nitro groups is 1. The van der Waals surface area contributed by atoms with Gasteiger partial charge in [0, 0.05) is 54.6 Å². The SMILES string of the molecule is O=C(c1cc(-c2ccccc2)nn1-c1ccc([N+](=O)[O-])cc1)N1CCN(c2cccc(Cl)c2)CC1. The van der Waals surface area contributed by atoms with Crippen molar-refractivity contribution in [2.24, 2.45) is 0 Å². The van der Waals surface area contributed by atoms with Crippen molar-refractivity contribution in [1.82, 2.24) is 14.7 Å². The Kier molecular flexibility index (Phi) is 6.20. The maximum atomic E-state index is 13.6. The highest BCUT2D eigenvalue weighted by atomic mass is 35.5. The first-order valence-corrected chi connectivity index (χ1v) is 11.6. The first-order chi connectivity index (χ1) is 17.0. The highest BCUT2D eigenvalue weighted by Gasteiger charge is 2.26. The fourth-order valence-corrected chi connectivity index (χ4v) is 4.38. The lowest BCUT2D eigenvalue weighted by atomic mass is 10.1. The number of piperazine rings is 1. The summed E-state index contributed by atoms with van der Waals surface area (Å²) in [5.41, 5.74) is 3.55. The van der Waals surface area contributed by atoms with Crippen LogP contribution in [0.2, 0.25) is 5.02 Å². The fraction of sp³-hybridized carbons (Fsp3) is 0.154. The molecule has 0 saturated carbocycles. The van der Waals surface area contributed by atoms with Crippen molar-refractivity contribution in [3.63, 3.8) is 0 Å². The Morgan fingerprint density at radius 2 is 1.57 bits per heavy atom. The van der Waals surface area contributed by atoms with E-state index in [2.05, 4.69) is 10.00 Å². The second-order valence-electron chi connectivity index (χ2n) is 8.23. The van der Waals surface area contributed by atoms with Crippen molar-refractivity contribution in [1.29, 1.82) is 0 Å². The average Bonchev–Trinajstić information content (AvgIpc) is 3.34. The topological polar surface area (TPSA) is 84.5 Å². The number of carbonyl (C=O) groups excluding carboxylic acids is 1. The van der Waals surface area contributed by atoms with Gasteiger partial charge in [-0.25, -0.2) is 4.68 Å². The number of carbonyl (C=O) groups is 1. The van der Waals surface area contributed by atoms with Gasteiger partial charge >= 0.3 is 0 Å². The first kappa shape index (κ1) is 22.6. The number of non-ortho nitro benzene ring substituents is 1. The van der Waals surface area contributed by atoms with Crippen molar-refractivity contribution in [2.45, 2.75) is 0 Å². The molecule has 1 fully saturated rings. The van der Waals surface area contributed by atoms with Crippen LogP contribution in [0.5, 0.6) is 0 Å². The van der Waals surface area contributed by atoms with Crippen molar-refractivity contribution in [2.75, 3.05) is 31.1 Å². The van der Waals surface area contributed by atoms with Gasteiger partial charge in [-0.15, -0.1) is 0 Å². The summed E-state index contributed by atoms with van der Waals surface area (Å²) in [7, 11) is 0.